The van der Waals surface area contributed by atoms with Gasteiger partial charge in [0, 0.05) is 13.1 Å². The van der Waals surface area contributed by atoms with E-state index >= 15 is 0 Å². The van der Waals surface area contributed by atoms with Crippen molar-refractivity contribution in [2.24, 2.45) is 16.8 Å². The number of ether oxygens (including phenoxy) is 1. The molecule has 0 amide bonds. The van der Waals surface area contributed by atoms with E-state index in [1.54, 1.807) is 31.6 Å². The standard InChI is InChI=1S/C21H28N2O3/c1-4-14-11-23-9-8-21(25)19-16(6-5-7-18(19)24)22-20(21)17(23)10-15(14)13(2)12-26-3/h5-7,12,14-15,17,24-25H,4,8-11H2,1-3H3/b13-12-/t14-,15-,17+,21+/m1/s1/i17D. The zero-order valence-electron chi connectivity index (χ0n) is 16.7. The first-order valence-electron chi connectivity index (χ1n) is 9.94. The van der Waals surface area contributed by atoms with Gasteiger partial charge in [0.1, 0.15) is 11.4 Å². The zero-order valence-corrected chi connectivity index (χ0v) is 15.7. The summed E-state index contributed by atoms with van der Waals surface area (Å²) in [5.74, 6) is 0.699. The molecule has 26 heavy (non-hydrogen) atoms. The van der Waals surface area contributed by atoms with Gasteiger partial charge in [-0.25, -0.2) is 0 Å². The largest absolute Gasteiger partial charge is 0.507 e. The minimum atomic E-state index is -1.36. The highest BCUT2D eigenvalue weighted by Crippen LogP contribution is 2.51. The molecule has 5 nitrogen and oxygen atoms in total. The molecule has 140 valence electrons. The van der Waals surface area contributed by atoms with Crippen LogP contribution in [0.2, 0.25) is 0 Å². The highest BCUT2D eigenvalue weighted by molar-refractivity contribution is 6.05. The molecule has 3 aliphatic rings. The van der Waals surface area contributed by atoms with E-state index in [0.29, 0.717) is 42.3 Å². The van der Waals surface area contributed by atoms with Crippen LogP contribution in [-0.4, -0.2) is 47.0 Å². The fraction of sp³-hybridized carbons (Fsp3) is 0.571. The van der Waals surface area contributed by atoms with Crippen molar-refractivity contribution >= 4 is 11.4 Å². The molecule has 0 radical (unpaired) electrons. The Bertz CT molecular complexity index is 824. The maximum Gasteiger partial charge on any atom is 0.136 e. The summed E-state index contributed by atoms with van der Waals surface area (Å²) in [6.07, 6.45) is 3.82. The molecule has 5 heteroatoms. The minimum Gasteiger partial charge on any atom is -0.507 e. The molecule has 1 aromatic rings. The number of piperidine rings is 2. The monoisotopic (exact) mass is 357 g/mol. The van der Waals surface area contributed by atoms with Gasteiger partial charge < -0.3 is 14.9 Å². The summed E-state index contributed by atoms with van der Waals surface area (Å²) in [7, 11) is 1.65. The number of phenols is 1. The Morgan fingerprint density at radius 2 is 2.35 bits per heavy atom. The van der Waals surface area contributed by atoms with Crippen LogP contribution < -0.4 is 0 Å². The average Bonchev–Trinajstić information content (AvgIpc) is 2.96. The Balaban J connectivity index is 1.78. The van der Waals surface area contributed by atoms with E-state index in [1.807, 2.05) is 0 Å². The number of methoxy groups -OCH3 is 1. The smallest absolute Gasteiger partial charge is 0.136 e. The van der Waals surface area contributed by atoms with E-state index in [0.717, 1.165) is 18.5 Å². The van der Waals surface area contributed by atoms with Crippen LogP contribution in [0, 0.1) is 11.8 Å². The van der Waals surface area contributed by atoms with Gasteiger partial charge in [-0.15, -0.1) is 0 Å². The summed E-state index contributed by atoms with van der Waals surface area (Å²) in [5, 5.41) is 21.9. The highest BCUT2D eigenvalue weighted by atomic mass is 16.5. The molecule has 3 heterocycles. The van der Waals surface area contributed by atoms with Gasteiger partial charge >= 0.3 is 0 Å². The third kappa shape index (κ3) is 2.48. The van der Waals surface area contributed by atoms with Crippen molar-refractivity contribution in [3.8, 4) is 5.75 Å². The Kier molecular flexibility index (Phi) is 4.02. The first-order chi connectivity index (χ1) is 12.8. The Morgan fingerprint density at radius 1 is 1.54 bits per heavy atom. The third-order valence-electron chi connectivity index (χ3n) is 6.31. The van der Waals surface area contributed by atoms with Gasteiger partial charge in [0.25, 0.3) is 0 Å². The van der Waals surface area contributed by atoms with Crippen molar-refractivity contribution in [3.63, 3.8) is 0 Å². The summed E-state index contributed by atoms with van der Waals surface area (Å²) >= 11 is 0. The normalized spacial score (nSPS) is 37.3. The van der Waals surface area contributed by atoms with Crippen LogP contribution in [-0.2, 0) is 10.3 Å². The molecule has 2 fully saturated rings. The van der Waals surface area contributed by atoms with E-state index in [4.69, 9.17) is 4.74 Å². The Labute approximate surface area is 156 Å². The predicted octanol–water partition coefficient (Wildman–Crippen LogP) is 3.34. The molecule has 0 spiro atoms. The zero-order chi connectivity index (χ0) is 19.4. The lowest BCUT2D eigenvalue weighted by atomic mass is 9.70. The summed E-state index contributed by atoms with van der Waals surface area (Å²) in [6, 6.07) is 4.03. The number of hydrogen-bond donors (Lipinski definition) is 2. The maximum atomic E-state index is 11.5. The van der Waals surface area contributed by atoms with Crippen molar-refractivity contribution < 1.29 is 16.3 Å². The summed E-state index contributed by atoms with van der Waals surface area (Å²) < 4.78 is 14.6. The van der Waals surface area contributed by atoms with E-state index < -0.39 is 11.6 Å². The summed E-state index contributed by atoms with van der Waals surface area (Å²) in [5.41, 5.74) is 1.27. The molecule has 0 aromatic heterocycles. The minimum absolute atomic E-state index is 0.0556. The number of rotatable bonds is 3. The summed E-state index contributed by atoms with van der Waals surface area (Å²) in [6.45, 7) is 5.66. The lowest BCUT2D eigenvalue weighted by Gasteiger charge is -2.50. The van der Waals surface area contributed by atoms with Gasteiger partial charge in [-0.3, -0.25) is 9.89 Å². The van der Waals surface area contributed by atoms with Gasteiger partial charge in [0.05, 0.1) is 37.7 Å². The third-order valence-corrected chi connectivity index (χ3v) is 6.31. The maximum absolute atomic E-state index is 11.5. The number of benzene rings is 1. The topological polar surface area (TPSA) is 65.3 Å². The Morgan fingerprint density at radius 3 is 3.08 bits per heavy atom. The van der Waals surface area contributed by atoms with Crippen LogP contribution in [0.15, 0.2) is 35.0 Å². The Hall–Kier alpha value is -1.85. The number of aliphatic imine (C=N–C) groups is 1. The molecule has 0 bridgehead atoms. The number of aliphatic hydroxyl groups is 1. The average molecular weight is 357 g/mol. The van der Waals surface area contributed by atoms with Crippen molar-refractivity contribution in [1.29, 1.82) is 0 Å². The molecule has 4 rings (SSSR count). The second-order valence-electron chi connectivity index (χ2n) is 7.71. The second-order valence-corrected chi connectivity index (χ2v) is 7.71. The lowest BCUT2D eigenvalue weighted by molar-refractivity contribution is 0.0177. The molecular weight excluding hydrogens is 328 g/mol. The van der Waals surface area contributed by atoms with Crippen LogP contribution in [0.1, 0.15) is 40.0 Å². The number of nitrogens with zero attached hydrogens (tertiary/aromatic N) is 2. The number of aromatic hydroxyl groups is 1. The van der Waals surface area contributed by atoms with E-state index in [9.17, 15) is 11.6 Å². The van der Waals surface area contributed by atoms with Gasteiger partial charge in [-0.2, -0.15) is 0 Å². The second kappa shape index (κ2) is 6.39. The van der Waals surface area contributed by atoms with Crippen molar-refractivity contribution in [3.05, 3.63) is 35.6 Å². The molecular formula is C21H28N2O3. The molecule has 0 saturated carbocycles. The van der Waals surface area contributed by atoms with Crippen molar-refractivity contribution in [1.82, 2.24) is 4.90 Å². The number of phenolic OH excluding ortho intramolecular Hbond substituents is 1. The highest BCUT2D eigenvalue weighted by Gasteiger charge is 2.53. The van der Waals surface area contributed by atoms with Crippen LogP contribution in [0.5, 0.6) is 5.75 Å². The van der Waals surface area contributed by atoms with Gasteiger partial charge in [-0.1, -0.05) is 19.4 Å². The predicted molar refractivity (Wildman–Crippen MR) is 102 cm³/mol. The quantitative estimate of drug-likeness (QED) is 0.815. The molecule has 1 aromatic carbocycles. The first kappa shape index (κ1) is 16.3. The van der Waals surface area contributed by atoms with Crippen molar-refractivity contribution in [2.75, 3.05) is 20.2 Å². The molecule has 2 saturated heterocycles. The van der Waals surface area contributed by atoms with Crippen LogP contribution in [0.3, 0.4) is 0 Å². The van der Waals surface area contributed by atoms with Gasteiger partial charge in [-0.05, 0) is 49.3 Å². The van der Waals surface area contributed by atoms with Gasteiger partial charge in [0.15, 0.2) is 0 Å². The molecule has 3 aliphatic heterocycles. The summed E-state index contributed by atoms with van der Waals surface area (Å²) in [4.78, 5) is 6.84. The van der Waals surface area contributed by atoms with E-state index in [-0.39, 0.29) is 11.7 Å². The molecule has 0 unspecified atom stereocenters. The fourth-order valence-electron chi connectivity index (χ4n) is 4.94. The number of hydrogen-bond acceptors (Lipinski definition) is 5. The first-order valence-corrected chi connectivity index (χ1v) is 9.44. The fourth-order valence-corrected chi connectivity index (χ4v) is 4.94. The van der Waals surface area contributed by atoms with Crippen LogP contribution >= 0.6 is 0 Å². The number of allylic oxidation sites excluding steroid dienone is 1. The molecule has 4 atom stereocenters. The van der Waals surface area contributed by atoms with E-state index in [2.05, 4.69) is 23.7 Å². The van der Waals surface area contributed by atoms with E-state index in [1.165, 1.54) is 0 Å². The van der Waals surface area contributed by atoms with Crippen LogP contribution in [0.25, 0.3) is 0 Å². The number of fused-ring (bicyclic) bond motifs is 5. The SMILES string of the molecule is [2H][C@@]12C[C@H](/C(C)=C\OC)[C@H](CC)CN1CC[C@@]1(O)C2=Nc2cccc(O)c21. The van der Waals surface area contributed by atoms with Crippen LogP contribution in [0.4, 0.5) is 5.69 Å². The molecule has 0 aliphatic carbocycles. The van der Waals surface area contributed by atoms with Gasteiger partial charge in [0.2, 0.25) is 0 Å². The van der Waals surface area contributed by atoms with Crippen molar-refractivity contribution in [2.45, 2.75) is 44.7 Å². The molecule has 2 N–H and O–H groups in total. The lowest BCUT2D eigenvalue weighted by Crippen LogP contribution is -2.60.